The van der Waals surface area contributed by atoms with Crippen LogP contribution in [0.25, 0.3) is 0 Å². The maximum atomic E-state index is 12.5. The number of thioether (sulfide) groups is 1. The van der Waals surface area contributed by atoms with E-state index in [2.05, 4.69) is 10.3 Å². The SMILES string of the molecule is Cc1nc(NC(=O)c2csc3c2CCCC3)sc1SCC(N)=O. The predicted octanol–water partition coefficient (Wildman–Crippen LogP) is 3.22. The molecule has 0 fully saturated rings. The number of thiophene rings is 1. The average molecular weight is 368 g/mol. The molecule has 3 N–H and O–H groups in total. The van der Waals surface area contributed by atoms with E-state index in [4.69, 9.17) is 5.73 Å². The zero-order chi connectivity index (χ0) is 16.4. The van der Waals surface area contributed by atoms with Crippen LogP contribution in [0.5, 0.6) is 0 Å². The lowest BCUT2D eigenvalue weighted by Gasteiger charge is -2.12. The number of thiazole rings is 1. The summed E-state index contributed by atoms with van der Waals surface area (Å²) in [5.74, 6) is -0.239. The van der Waals surface area contributed by atoms with Crippen molar-refractivity contribution in [1.29, 1.82) is 0 Å². The van der Waals surface area contributed by atoms with Crippen LogP contribution in [-0.4, -0.2) is 22.6 Å². The third-order valence-electron chi connectivity index (χ3n) is 3.63. The van der Waals surface area contributed by atoms with Crippen molar-refractivity contribution in [2.45, 2.75) is 36.8 Å². The molecule has 0 unspecified atom stereocenters. The Balaban J connectivity index is 1.72. The summed E-state index contributed by atoms with van der Waals surface area (Å²) in [7, 11) is 0. The van der Waals surface area contributed by atoms with Crippen LogP contribution in [0.4, 0.5) is 5.13 Å². The second-order valence-corrected chi connectivity index (χ2v) is 8.57. The summed E-state index contributed by atoms with van der Waals surface area (Å²) in [5.41, 5.74) is 7.96. The normalized spacial score (nSPS) is 13.6. The van der Waals surface area contributed by atoms with Gasteiger partial charge in [0.1, 0.15) is 0 Å². The molecule has 8 heteroatoms. The number of fused-ring (bicyclic) bond motifs is 1. The Morgan fingerprint density at radius 3 is 2.96 bits per heavy atom. The van der Waals surface area contributed by atoms with E-state index in [0.717, 1.165) is 34.7 Å². The molecule has 0 atom stereocenters. The molecule has 2 aromatic heterocycles. The van der Waals surface area contributed by atoms with Gasteiger partial charge in [0.05, 0.1) is 21.2 Å². The molecule has 2 amide bonds. The number of nitrogens with two attached hydrogens (primary N) is 1. The highest BCUT2D eigenvalue weighted by molar-refractivity contribution is 8.01. The number of primary amides is 1. The summed E-state index contributed by atoms with van der Waals surface area (Å²) in [4.78, 5) is 29.1. The highest BCUT2D eigenvalue weighted by atomic mass is 32.2. The molecule has 0 aromatic carbocycles. The summed E-state index contributed by atoms with van der Waals surface area (Å²) in [6.45, 7) is 1.86. The Kier molecular flexibility index (Phi) is 5.03. The van der Waals surface area contributed by atoms with Gasteiger partial charge < -0.3 is 5.73 Å². The van der Waals surface area contributed by atoms with Crippen molar-refractivity contribution in [2.24, 2.45) is 5.73 Å². The van der Waals surface area contributed by atoms with Crippen molar-refractivity contribution < 1.29 is 9.59 Å². The minimum atomic E-state index is -0.363. The number of nitrogens with one attached hydrogen (secondary N) is 1. The number of hydrogen-bond donors (Lipinski definition) is 2. The van der Waals surface area contributed by atoms with Crippen LogP contribution in [0.15, 0.2) is 9.59 Å². The summed E-state index contributed by atoms with van der Waals surface area (Å²) in [5, 5.41) is 5.41. The van der Waals surface area contributed by atoms with Crippen LogP contribution in [0.1, 0.15) is 39.3 Å². The number of carbonyl (C=O) groups is 2. The minimum Gasteiger partial charge on any atom is -0.369 e. The number of aromatic nitrogens is 1. The fourth-order valence-electron chi connectivity index (χ4n) is 2.56. The van der Waals surface area contributed by atoms with Crippen molar-refractivity contribution in [2.75, 3.05) is 11.1 Å². The molecule has 122 valence electrons. The van der Waals surface area contributed by atoms with E-state index >= 15 is 0 Å². The Hall–Kier alpha value is -1.38. The van der Waals surface area contributed by atoms with Gasteiger partial charge in [0, 0.05) is 10.3 Å². The van der Waals surface area contributed by atoms with E-state index in [-0.39, 0.29) is 17.6 Å². The largest absolute Gasteiger partial charge is 0.369 e. The maximum absolute atomic E-state index is 12.5. The molecular weight excluding hydrogens is 350 g/mol. The predicted molar refractivity (Wildman–Crippen MR) is 95.7 cm³/mol. The van der Waals surface area contributed by atoms with Crippen LogP contribution < -0.4 is 11.1 Å². The molecule has 1 aliphatic carbocycles. The van der Waals surface area contributed by atoms with Gasteiger partial charge in [0.25, 0.3) is 5.91 Å². The maximum Gasteiger partial charge on any atom is 0.258 e. The molecule has 0 spiro atoms. The van der Waals surface area contributed by atoms with Gasteiger partial charge in [-0.25, -0.2) is 4.98 Å². The summed E-state index contributed by atoms with van der Waals surface area (Å²) < 4.78 is 0.909. The minimum absolute atomic E-state index is 0.0930. The number of anilines is 1. The molecule has 2 aromatic rings. The van der Waals surface area contributed by atoms with E-state index in [1.54, 1.807) is 11.3 Å². The molecule has 1 aliphatic rings. The van der Waals surface area contributed by atoms with E-state index in [1.807, 2.05) is 12.3 Å². The van der Waals surface area contributed by atoms with E-state index in [9.17, 15) is 9.59 Å². The molecule has 0 bridgehead atoms. The molecule has 0 saturated heterocycles. The number of amides is 2. The first-order valence-corrected chi connectivity index (χ1v) is 10.0. The third kappa shape index (κ3) is 3.76. The number of hydrogen-bond acceptors (Lipinski definition) is 6. The van der Waals surface area contributed by atoms with Crippen LogP contribution in [0.2, 0.25) is 0 Å². The Labute approximate surface area is 146 Å². The number of aryl methyl sites for hydroxylation is 2. The zero-order valence-electron chi connectivity index (χ0n) is 12.7. The van der Waals surface area contributed by atoms with E-state index < -0.39 is 0 Å². The Morgan fingerprint density at radius 1 is 1.39 bits per heavy atom. The van der Waals surface area contributed by atoms with Gasteiger partial charge >= 0.3 is 0 Å². The quantitative estimate of drug-likeness (QED) is 0.795. The molecule has 5 nitrogen and oxygen atoms in total. The topological polar surface area (TPSA) is 85.1 Å². The van der Waals surface area contributed by atoms with E-state index in [1.165, 1.54) is 40.0 Å². The lowest BCUT2D eigenvalue weighted by atomic mass is 9.96. The highest BCUT2D eigenvalue weighted by Crippen LogP contribution is 2.34. The van der Waals surface area contributed by atoms with Gasteiger partial charge in [0.2, 0.25) is 5.91 Å². The lowest BCUT2D eigenvalue weighted by Crippen LogP contribution is -2.14. The van der Waals surface area contributed by atoms with Crippen molar-refractivity contribution in [3.63, 3.8) is 0 Å². The second-order valence-electron chi connectivity index (χ2n) is 5.36. The number of nitrogens with zero attached hydrogens (tertiary/aromatic N) is 1. The lowest BCUT2D eigenvalue weighted by molar-refractivity contribution is -0.115. The standard InChI is InChI=1S/C15H17N3O2S3/c1-8-14(22-7-12(16)19)23-15(17-8)18-13(20)10-6-21-11-5-3-2-4-9(10)11/h6H,2-5,7H2,1H3,(H2,16,19)(H,17,18,20). The Bertz CT molecular complexity index is 751. The van der Waals surface area contributed by atoms with Crippen molar-refractivity contribution in [3.05, 3.63) is 27.1 Å². The number of rotatable bonds is 5. The van der Waals surface area contributed by atoms with Gasteiger partial charge in [-0.3, -0.25) is 14.9 Å². The fraction of sp³-hybridized carbons (Fsp3) is 0.400. The average Bonchev–Trinajstić information content (AvgIpc) is 3.08. The second kappa shape index (κ2) is 7.02. The van der Waals surface area contributed by atoms with Gasteiger partial charge in [-0.1, -0.05) is 11.3 Å². The fourth-order valence-corrected chi connectivity index (χ4v) is 5.55. The molecule has 23 heavy (non-hydrogen) atoms. The van der Waals surface area contributed by atoms with Crippen LogP contribution >= 0.6 is 34.4 Å². The first-order valence-electron chi connectivity index (χ1n) is 7.33. The van der Waals surface area contributed by atoms with Crippen molar-refractivity contribution >= 4 is 51.4 Å². The van der Waals surface area contributed by atoms with Crippen molar-refractivity contribution in [1.82, 2.24) is 4.98 Å². The summed E-state index contributed by atoms with van der Waals surface area (Å²) >= 11 is 4.41. The highest BCUT2D eigenvalue weighted by Gasteiger charge is 2.21. The first-order chi connectivity index (χ1) is 11.0. The van der Waals surface area contributed by atoms with Gasteiger partial charge in [-0.05, 0) is 38.2 Å². The molecule has 0 radical (unpaired) electrons. The van der Waals surface area contributed by atoms with Crippen LogP contribution in [-0.2, 0) is 17.6 Å². The number of carbonyl (C=O) groups excluding carboxylic acids is 2. The monoisotopic (exact) mass is 367 g/mol. The summed E-state index contributed by atoms with van der Waals surface area (Å²) in [6, 6.07) is 0. The first kappa shape index (κ1) is 16.5. The molecule has 2 heterocycles. The van der Waals surface area contributed by atoms with Gasteiger partial charge in [-0.2, -0.15) is 0 Å². The third-order valence-corrected chi connectivity index (χ3v) is 7.17. The molecule has 0 aliphatic heterocycles. The van der Waals surface area contributed by atoms with Crippen LogP contribution in [0.3, 0.4) is 0 Å². The molecular formula is C15H17N3O2S3. The van der Waals surface area contributed by atoms with Gasteiger partial charge in [0.15, 0.2) is 5.13 Å². The summed E-state index contributed by atoms with van der Waals surface area (Å²) in [6.07, 6.45) is 4.42. The molecule has 3 rings (SSSR count). The van der Waals surface area contributed by atoms with Gasteiger partial charge in [-0.15, -0.1) is 23.1 Å². The Morgan fingerprint density at radius 2 is 2.17 bits per heavy atom. The molecule has 0 saturated carbocycles. The zero-order valence-corrected chi connectivity index (χ0v) is 15.1. The smallest absolute Gasteiger partial charge is 0.258 e. The van der Waals surface area contributed by atoms with E-state index in [0.29, 0.717) is 5.13 Å². The van der Waals surface area contributed by atoms with Crippen molar-refractivity contribution in [3.8, 4) is 0 Å². The van der Waals surface area contributed by atoms with Crippen LogP contribution in [0, 0.1) is 6.92 Å².